The average Bonchev–Trinajstić information content (AvgIpc) is 3.09. The monoisotopic (exact) mass is 480 g/mol. The quantitative estimate of drug-likeness (QED) is 0.504. The molecule has 4 rings (SSSR count). The third-order valence-corrected chi connectivity index (χ3v) is 6.24. The Labute approximate surface area is 200 Å². The number of benzene rings is 2. The molecule has 1 atom stereocenters. The summed E-state index contributed by atoms with van der Waals surface area (Å²) in [7, 11) is 0. The second kappa shape index (κ2) is 9.77. The highest BCUT2D eigenvalue weighted by Crippen LogP contribution is 2.36. The molecule has 2 aromatic carbocycles. The van der Waals surface area contributed by atoms with E-state index in [2.05, 4.69) is 4.99 Å². The van der Waals surface area contributed by atoms with Crippen LogP contribution in [0.25, 0.3) is 6.08 Å². The number of rotatable bonds is 6. The van der Waals surface area contributed by atoms with Gasteiger partial charge >= 0.3 is 5.97 Å². The van der Waals surface area contributed by atoms with Gasteiger partial charge in [0.05, 0.1) is 28.5 Å². The Hall–Kier alpha value is -3.52. The van der Waals surface area contributed by atoms with E-state index in [-0.39, 0.29) is 24.1 Å². The number of hydrogen-bond acceptors (Lipinski definition) is 6. The lowest BCUT2D eigenvalue weighted by Gasteiger charge is -2.26. The number of carbonyl (C=O) groups excluding carboxylic acids is 1. The lowest BCUT2D eigenvalue weighted by molar-refractivity contribution is -0.139. The lowest BCUT2D eigenvalue weighted by Crippen LogP contribution is -2.40. The Morgan fingerprint density at radius 2 is 1.91 bits per heavy atom. The molecule has 2 heterocycles. The van der Waals surface area contributed by atoms with Crippen molar-refractivity contribution in [1.82, 2.24) is 4.57 Å². The minimum absolute atomic E-state index is 0.105. The minimum atomic E-state index is -0.763. The van der Waals surface area contributed by atoms with Crippen molar-refractivity contribution in [2.75, 3.05) is 6.61 Å². The Kier molecular flexibility index (Phi) is 6.79. The van der Waals surface area contributed by atoms with Crippen LogP contribution in [0.5, 0.6) is 5.75 Å². The number of carbonyl (C=O) groups is 1. The first-order chi connectivity index (χ1) is 16.3. The highest BCUT2D eigenvalue weighted by Gasteiger charge is 2.35. The molecule has 1 aromatic heterocycles. The molecule has 0 radical (unpaired) electrons. The molecule has 0 saturated carbocycles. The van der Waals surface area contributed by atoms with E-state index in [0.717, 1.165) is 0 Å². The summed E-state index contributed by atoms with van der Waals surface area (Å²) in [6.45, 7) is 7.50. The van der Waals surface area contributed by atoms with Gasteiger partial charge in [0.25, 0.3) is 5.56 Å². The van der Waals surface area contributed by atoms with Gasteiger partial charge in [0.1, 0.15) is 17.6 Å². The third-order valence-electron chi connectivity index (χ3n) is 5.26. The number of halogens is 1. The van der Waals surface area contributed by atoms with E-state index in [1.807, 2.05) is 38.1 Å². The van der Waals surface area contributed by atoms with Gasteiger partial charge < -0.3 is 9.47 Å². The Bertz CT molecular complexity index is 1430. The summed E-state index contributed by atoms with van der Waals surface area (Å²) >= 11 is 1.22. The maximum absolute atomic E-state index is 13.6. The fourth-order valence-corrected chi connectivity index (χ4v) is 4.91. The predicted octanol–water partition coefficient (Wildman–Crippen LogP) is 3.72. The molecular formula is C26H25FN2O4S. The molecule has 1 unspecified atom stereocenters. The molecular weight excluding hydrogens is 455 g/mol. The summed E-state index contributed by atoms with van der Waals surface area (Å²) in [6, 6.07) is 12.5. The van der Waals surface area contributed by atoms with Crippen molar-refractivity contribution in [2.24, 2.45) is 4.99 Å². The van der Waals surface area contributed by atoms with E-state index < -0.39 is 12.0 Å². The first-order valence-electron chi connectivity index (χ1n) is 11.0. The summed E-state index contributed by atoms with van der Waals surface area (Å²) in [4.78, 5) is 31.7. The van der Waals surface area contributed by atoms with Crippen LogP contribution in [0.4, 0.5) is 4.39 Å². The summed E-state index contributed by atoms with van der Waals surface area (Å²) < 4.78 is 26.6. The van der Waals surface area contributed by atoms with Gasteiger partial charge in [-0.15, -0.1) is 0 Å². The van der Waals surface area contributed by atoms with Crippen molar-refractivity contribution >= 4 is 23.4 Å². The maximum atomic E-state index is 13.6. The van der Waals surface area contributed by atoms with Gasteiger partial charge in [-0.25, -0.2) is 14.2 Å². The normalized spacial score (nSPS) is 15.8. The zero-order chi connectivity index (χ0) is 24.4. The van der Waals surface area contributed by atoms with E-state index in [1.165, 1.54) is 28.0 Å². The standard InChI is InChI=1S/C26H25FN2O4S/c1-5-32-25(31)22-16(4)28-26-29(23(22)19-8-6-7-9-20(19)33-15(2)3)24(30)21(34-26)14-17-10-12-18(27)13-11-17/h6-15,23H,5H2,1-4H3/b21-14-. The molecule has 0 saturated heterocycles. The molecule has 1 aliphatic rings. The van der Waals surface area contributed by atoms with Crippen molar-refractivity contribution in [2.45, 2.75) is 39.8 Å². The van der Waals surface area contributed by atoms with E-state index in [1.54, 1.807) is 32.1 Å². The zero-order valence-electron chi connectivity index (χ0n) is 19.4. The number of fused-ring (bicyclic) bond motifs is 1. The highest BCUT2D eigenvalue weighted by atomic mass is 32.1. The SMILES string of the molecule is CCOC(=O)C1=C(C)N=c2s/c(=C\c3ccc(F)cc3)c(=O)n2C1c1ccccc1OC(C)C. The molecule has 6 nitrogen and oxygen atoms in total. The Balaban J connectivity index is 1.97. The number of aromatic nitrogens is 1. The number of thiazole rings is 1. The molecule has 0 bridgehead atoms. The largest absolute Gasteiger partial charge is 0.491 e. The van der Waals surface area contributed by atoms with Crippen molar-refractivity contribution in [3.63, 3.8) is 0 Å². The van der Waals surface area contributed by atoms with Gasteiger partial charge in [0.15, 0.2) is 4.80 Å². The van der Waals surface area contributed by atoms with Gasteiger partial charge in [0.2, 0.25) is 0 Å². The van der Waals surface area contributed by atoms with Crippen LogP contribution >= 0.6 is 11.3 Å². The smallest absolute Gasteiger partial charge is 0.338 e. The van der Waals surface area contributed by atoms with Crippen LogP contribution in [0.3, 0.4) is 0 Å². The van der Waals surface area contributed by atoms with E-state index in [9.17, 15) is 14.0 Å². The van der Waals surface area contributed by atoms with E-state index in [0.29, 0.717) is 37.5 Å². The predicted molar refractivity (Wildman–Crippen MR) is 129 cm³/mol. The topological polar surface area (TPSA) is 69.9 Å². The van der Waals surface area contributed by atoms with Crippen LogP contribution in [-0.2, 0) is 9.53 Å². The van der Waals surface area contributed by atoms with Crippen LogP contribution in [0.2, 0.25) is 0 Å². The summed E-state index contributed by atoms with van der Waals surface area (Å²) in [5, 5.41) is 0. The van der Waals surface area contributed by atoms with Crippen molar-refractivity contribution < 1.29 is 18.7 Å². The van der Waals surface area contributed by atoms with Crippen molar-refractivity contribution in [3.05, 3.63) is 96.4 Å². The molecule has 176 valence electrons. The summed E-state index contributed by atoms with van der Waals surface area (Å²) in [5.41, 5.74) is 1.84. The second-order valence-corrected chi connectivity index (χ2v) is 9.07. The average molecular weight is 481 g/mol. The van der Waals surface area contributed by atoms with Crippen LogP contribution in [0.15, 0.2) is 69.6 Å². The number of nitrogens with zero attached hydrogens (tertiary/aromatic N) is 2. The van der Waals surface area contributed by atoms with Gasteiger partial charge in [-0.2, -0.15) is 0 Å². The van der Waals surface area contributed by atoms with E-state index >= 15 is 0 Å². The van der Waals surface area contributed by atoms with E-state index in [4.69, 9.17) is 9.47 Å². The fourth-order valence-electron chi connectivity index (χ4n) is 3.86. The molecule has 0 aliphatic carbocycles. The third kappa shape index (κ3) is 4.59. The van der Waals surface area contributed by atoms with Crippen LogP contribution in [0, 0.1) is 5.82 Å². The van der Waals surface area contributed by atoms with Crippen molar-refractivity contribution in [1.29, 1.82) is 0 Å². The first kappa shape index (κ1) is 23.6. The zero-order valence-corrected chi connectivity index (χ0v) is 20.2. The highest BCUT2D eigenvalue weighted by molar-refractivity contribution is 7.07. The molecule has 8 heteroatoms. The fraction of sp³-hybridized carbons (Fsp3) is 0.269. The van der Waals surface area contributed by atoms with Crippen LogP contribution < -0.4 is 19.6 Å². The number of hydrogen-bond donors (Lipinski definition) is 0. The number of esters is 1. The first-order valence-corrected chi connectivity index (χ1v) is 11.8. The van der Waals surface area contributed by atoms with Gasteiger partial charge in [0, 0.05) is 5.56 Å². The number of allylic oxidation sites excluding steroid dienone is 1. The number of ether oxygens (including phenoxy) is 2. The van der Waals surface area contributed by atoms with Crippen LogP contribution in [-0.4, -0.2) is 23.2 Å². The van der Waals surface area contributed by atoms with Crippen molar-refractivity contribution in [3.8, 4) is 5.75 Å². The molecule has 0 amide bonds. The molecule has 3 aromatic rings. The maximum Gasteiger partial charge on any atom is 0.338 e. The van der Waals surface area contributed by atoms with Gasteiger partial charge in [-0.3, -0.25) is 9.36 Å². The molecule has 34 heavy (non-hydrogen) atoms. The van der Waals surface area contributed by atoms with Gasteiger partial charge in [-0.1, -0.05) is 41.7 Å². The number of para-hydroxylation sites is 1. The minimum Gasteiger partial charge on any atom is -0.491 e. The molecule has 0 N–H and O–H groups in total. The second-order valence-electron chi connectivity index (χ2n) is 8.06. The Morgan fingerprint density at radius 1 is 1.21 bits per heavy atom. The van der Waals surface area contributed by atoms with Gasteiger partial charge in [-0.05, 0) is 57.5 Å². The molecule has 0 spiro atoms. The lowest BCUT2D eigenvalue weighted by atomic mass is 9.95. The van der Waals surface area contributed by atoms with Crippen LogP contribution in [0.1, 0.15) is 44.9 Å². The molecule has 1 aliphatic heterocycles. The Morgan fingerprint density at radius 3 is 2.59 bits per heavy atom. The molecule has 0 fully saturated rings. The summed E-state index contributed by atoms with van der Waals surface area (Å²) in [6.07, 6.45) is 1.59. The summed E-state index contributed by atoms with van der Waals surface area (Å²) in [5.74, 6) is -0.303.